The van der Waals surface area contributed by atoms with Gasteiger partial charge in [-0.3, -0.25) is 0 Å². The van der Waals surface area contributed by atoms with Crippen LogP contribution in [0.1, 0.15) is 35.2 Å². The lowest BCUT2D eigenvalue weighted by molar-refractivity contribution is 0.341. The van der Waals surface area contributed by atoms with Gasteiger partial charge in [0.15, 0.2) is 0 Å². The molecule has 3 aromatic rings. The fourth-order valence-electron chi connectivity index (χ4n) is 4.56. The highest BCUT2D eigenvalue weighted by molar-refractivity contribution is 5.86. The summed E-state index contributed by atoms with van der Waals surface area (Å²) in [4.78, 5) is 2.50. The summed E-state index contributed by atoms with van der Waals surface area (Å²) in [5.41, 5.74) is 7.65. The van der Waals surface area contributed by atoms with E-state index in [1.807, 2.05) is 0 Å². The van der Waals surface area contributed by atoms with Crippen molar-refractivity contribution in [1.82, 2.24) is 9.47 Å². The molecule has 0 atom stereocenters. The number of rotatable bonds is 2. The van der Waals surface area contributed by atoms with E-state index in [2.05, 4.69) is 65.0 Å². The lowest BCUT2D eigenvalue weighted by atomic mass is 9.96. The number of nitrogens with zero attached hydrogens (tertiary/aromatic N) is 2. The van der Waals surface area contributed by atoms with E-state index in [0.717, 1.165) is 38.3 Å². The van der Waals surface area contributed by atoms with Crippen molar-refractivity contribution in [3.05, 3.63) is 70.9 Å². The van der Waals surface area contributed by atoms with Gasteiger partial charge in [-0.15, -0.1) is 0 Å². The first kappa shape index (κ1) is 16.1. The van der Waals surface area contributed by atoms with E-state index < -0.39 is 0 Å². The summed E-state index contributed by atoms with van der Waals surface area (Å²) in [7, 11) is 2.27. The van der Waals surface area contributed by atoms with Crippen LogP contribution in [0.4, 0.5) is 0 Å². The van der Waals surface area contributed by atoms with Gasteiger partial charge in [-0.05, 0) is 61.4 Å². The highest BCUT2D eigenvalue weighted by Crippen LogP contribution is 2.36. The molecule has 0 spiro atoms. The van der Waals surface area contributed by atoms with Crippen molar-refractivity contribution in [2.45, 2.75) is 38.6 Å². The fraction of sp³-hybridized carbons (Fsp3) is 0.417. The fourth-order valence-corrected chi connectivity index (χ4v) is 4.56. The van der Waals surface area contributed by atoms with Gasteiger partial charge in [0.05, 0.1) is 0 Å². The Hall–Kier alpha value is -2.06. The predicted molar refractivity (Wildman–Crippen MR) is 109 cm³/mol. The molecular formula is C24H28N2. The second-order valence-corrected chi connectivity index (χ2v) is 8.25. The molecule has 2 aliphatic rings. The van der Waals surface area contributed by atoms with Crippen molar-refractivity contribution in [2.75, 3.05) is 20.1 Å². The molecule has 2 heterocycles. The Labute approximate surface area is 156 Å². The van der Waals surface area contributed by atoms with E-state index in [-0.39, 0.29) is 0 Å². The molecule has 0 saturated heterocycles. The smallest absolute Gasteiger partial charge is 0.0485 e. The van der Waals surface area contributed by atoms with Crippen LogP contribution in [0.5, 0.6) is 0 Å². The third kappa shape index (κ3) is 2.97. The maximum atomic E-state index is 2.67. The monoisotopic (exact) mass is 344 g/mol. The van der Waals surface area contributed by atoms with Crippen molar-refractivity contribution < 1.29 is 0 Å². The van der Waals surface area contributed by atoms with Crippen LogP contribution in [-0.2, 0) is 25.8 Å². The van der Waals surface area contributed by atoms with Gasteiger partial charge in [-0.2, -0.15) is 0 Å². The van der Waals surface area contributed by atoms with Crippen LogP contribution < -0.4 is 0 Å². The number of hydrogen-bond acceptors (Lipinski definition) is 1. The molecule has 1 aliphatic carbocycles. The van der Waals surface area contributed by atoms with Crippen LogP contribution in [0, 0.1) is 5.92 Å². The van der Waals surface area contributed by atoms with Gasteiger partial charge in [-0.25, -0.2) is 0 Å². The van der Waals surface area contributed by atoms with Crippen LogP contribution in [0.15, 0.2) is 48.5 Å². The quantitative estimate of drug-likeness (QED) is 0.656. The summed E-state index contributed by atoms with van der Waals surface area (Å²) in [6, 6.07) is 18.2. The molecular weight excluding hydrogens is 316 g/mol. The van der Waals surface area contributed by atoms with E-state index in [0.29, 0.717) is 0 Å². The van der Waals surface area contributed by atoms with Crippen LogP contribution in [-0.4, -0.2) is 29.6 Å². The first-order valence-electron chi connectivity index (χ1n) is 10.1. The molecule has 0 bridgehead atoms. The van der Waals surface area contributed by atoms with Crippen LogP contribution >= 0.6 is 0 Å². The first-order valence-corrected chi connectivity index (χ1v) is 10.1. The van der Waals surface area contributed by atoms with Gasteiger partial charge >= 0.3 is 0 Å². The topological polar surface area (TPSA) is 8.17 Å². The maximum absolute atomic E-state index is 2.67. The second kappa shape index (κ2) is 6.59. The van der Waals surface area contributed by atoms with Gasteiger partial charge in [0, 0.05) is 42.7 Å². The molecule has 0 amide bonds. The van der Waals surface area contributed by atoms with Gasteiger partial charge in [-0.1, -0.05) is 42.5 Å². The number of hydrogen-bond donors (Lipinski definition) is 0. The zero-order chi connectivity index (χ0) is 17.5. The standard InChI is InChI=1S/C24H28N2/c1-25-14-12-19-6-2-3-7-20(19)16-24-22(13-15-25)21-8-4-5-9-23(21)26(24)17-18-10-11-18/h2-9,18H,10-17H2,1H3. The Kier molecular flexibility index (Phi) is 4.09. The largest absolute Gasteiger partial charge is 0.344 e. The zero-order valence-electron chi connectivity index (χ0n) is 15.7. The van der Waals surface area contributed by atoms with Gasteiger partial charge in [0.1, 0.15) is 0 Å². The minimum atomic E-state index is 0.892. The zero-order valence-corrected chi connectivity index (χ0v) is 15.7. The number of aromatic nitrogens is 1. The molecule has 1 saturated carbocycles. The molecule has 0 unspecified atom stereocenters. The molecule has 1 aromatic heterocycles. The van der Waals surface area contributed by atoms with E-state index in [1.165, 1.54) is 41.4 Å². The van der Waals surface area contributed by atoms with Gasteiger partial charge in [0.25, 0.3) is 0 Å². The SMILES string of the molecule is CN1CCc2ccccc2Cc2c(c3ccccc3n2CC2CC2)CC1. The minimum absolute atomic E-state index is 0.892. The molecule has 26 heavy (non-hydrogen) atoms. The Morgan fingerprint density at radius 1 is 0.885 bits per heavy atom. The van der Waals surface area contributed by atoms with Crippen LogP contribution in [0.25, 0.3) is 10.9 Å². The molecule has 1 aliphatic heterocycles. The summed E-state index contributed by atoms with van der Waals surface area (Å²) in [6.07, 6.45) is 6.20. The van der Waals surface area contributed by atoms with E-state index in [4.69, 9.17) is 0 Å². The van der Waals surface area contributed by atoms with Gasteiger partial charge in [0.2, 0.25) is 0 Å². The summed E-state index contributed by atoms with van der Waals surface area (Å²) in [5, 5.41) is 1.48. The average molecular weight is 345 g/mol. The van der Waals surface area contributed by atoms with Gasteiger partial charge < -0.3 is 9.47 Å². The molecule has 2 heteroatoms. The Morgan fingerprint density at radius 3 is 2.46 bits per heavy atom. The third-order valence-corrected chi connectivity index (χ3v) is 6.31. The number of fused-ring (bicyclic) bond motifs is 4. The minimum Gasteiger partial charge on any atom is -0.344 e. The van der Waals surface area contributed by atoms with Crippen molar-refractivity contribution in [1.29, 1.82) is 0 Å². The summed E-state index contributed by atoms with van der Waals surface area (Å²) < 4.78 is 2.67. The van der Waals surface area contributed by atoms with Crippen molar-refractivity contribution in [3.63, 3.8) is 0 Å². The van der Waals surface area contributed by atoms with E-state index in [9.17, 15) is 0 Å². The molecule has 2 aromatic carbocycles. The number of benzene rings is 2. The van der Waals surface area contributed by atoms with Crippen molar-refractivity contribution >= 4 is 10.9 Å². The predicted octanol–water partition coefficient (Wildman–Crippen LogP) is 4.67. The molecule has 1 fully saturated rings. The summed E-state index contributed by atoms with van der Waals surface area (Å²) in [5.74, 6) is 0.892. The Balaban J connectivity index is 1.70. The molecule has 2 nitrogen and oxygen atoms in total. The molecule has 5 rings (SSSR count). The lowest BCUT2D eigenvalue weighted by Gasteiger charge is -2.21. The highest BCUT2D eigenvalue weighted by atomic mass is 15.1. The van der Waals surface area contributed by atoms with E-state index >= 15 is 0 Å². The molecule has 0 radical (unpaired) electrons. The average Bonchev–Trinajstić information content (AvgIpc) is 3.44. The van der Waals surface area contributed by atoms with Crippen molar-refractivity contribution in [2.24, 2.45) is 5.92 Å². The molecule has 134 valence electrons. The highest BCUT2D eigenvalue weighted by Gasteiger charge is 2.26. The summed E-state index contributed by atoms with van der Waals surface area (Å²) in [6.45, 7) is 3.49. The Morgan fingerprint density at radius 2 is 1.62 bits per heavy atom. The maximum Gasteiger partial charge on any atom is 0.0485 e. The molecule has 0 N–H and O–H groups in total. The number of likely N-dealkylation sites (N-methyl/N-ethyl adjacent to an activating group) is 1. The van der Waals surface area contributed by atoms with Crippen LogP contribution in [0.3, 0.4) is 0 Å². The second-order valence-electron chi connectivity index (χ2n) is 8.25. The number of para-hydroxylation sites is 1. The normalized spacial score (nSPS) is 18.5. The lowest BCUT2D eigenvalue weighted by Crippen LogP contribution is -2.25. The van der Waals surface area contributed by atoms with E-state index in [1.54, 1.807) is 11.3 Å². The first-order chi connectivity index (χ1) is 12.8. The summed E-state index contributed by atoms with van der Waals surface area (Å²) >= 11 is 0. The Bertz CT molecular complexity index is 933. The third-order valence-electron chi connectivity index (χ3n) is 6.31. The van der Waals surface area contributed by atoms with Crippen molar-refractivity contribution in [3.8, 4) is 0 Å². The van der Waals surface area contributed by atoms with Crippen LogP contribution in [0.2, 0.25) is 0 Å².